The molecule has 31 heavy (non-hydrogen) atoms. The zero-order valence-corrected chi connectivity index (χ0v) is 19.7. The Bertz CT molecular complexity index is 958. The number of hydrogen-bond donors (Lipinski definition) is 2. The van der Waals surface area contributed by atoms with E-state index in [1.54, 1.807) is 6.20 Å². The first-order valence-electron chi connectivity index (χ1n) is 10.7. The van der Waals surface area contributed by atoms with Crippen LogP contribution in [0.2, 0.25) is 5.02 Å². The highest BCUT2D eigenvalue weighted by Crippen LogP contribution is 2.33. The zero-order valence-electron chi connectivity index (χ0n) is 18.9. The van der Waals surface area contributed by atoms with E-state index in [1.165, 1.54) is 0 Å². The molecule has 0 aliphatic rings. The van der Waals surface area contributed by atoms with Gasteiger partial charge in [-0.25, -0.2) is 4.79 Å². The van der Waals surface area contributed by atoms with Crippen LogP contribution in [0.5, 0.6) is 0 Å². The second kappa shape index (κ2) is 11.5. The Kier molecular flexibility index (Phi) is 9.07. The first-order valence-corrected chi connectivity index (χ1v) is 11.1. The third kappa shape index (κ3) is 6.56. The van der Waals surface area contributed by atoms with Crippen molar-refractivity contribution in [1.82, 2.24) is 15.6 Å². The fourth-order valence-electron chi connectivity index (χ4n) is 3.45. The highest BCUT2D eigenvalue weighted by molar-refractivity contribution is 6.30. The largest absolute Gasteiger partial charge is 0.336 e. The Morgan fingerprint density at radius 2 is 1.74 bits per heavy atom. The Morgan fingerprint density at radius 3 is 2.32 bits per heavy atom. The van der Waals surface area contributed by atoms with Crippen molar-refractivity contribution in [2.75, 3.05) is 0 Å². The molecule has 164 valence electrons. The molecule has 0 spiro atoms. The van der Waals surface area contributed by atoms with Gasteiger partial charge in [-0.15, -0.1) is 0 Å². The van der Waals surface area contributed by atoms with E-state index in [-0.39, 0.29) is 12.1 Å². The van der Waals surface area contributed by atoms with Crippen molar-refractivity contribution in [2.45, 2.75) is 52.6 Å². The number of carbonyl (C=O) groups is 1. The van der Waals surface area contributed by atoms with Gasteiger partial charge in [0.15, 0.2) is 0 Å². The predicted octanol–water partition coefficient (Wildman–Crippen LogP) is 6.26. The quantitative estimate of drug-likeness (QED) is 0.477. The molecule has 0 aliphatic heterocycles. The van der Waals surface area contributed by atoms with Crippen LogP contribution in [0.1, 0.15) is 50.1 Å². The van der Waals surface area contributed by atoms with E-state index in [9.17, 15) is 4.79 Å². The van der Waals surface area contributed by atoms with Gasteiger partial charge in [0.05, 0.1) is 10.7 Å². The lowest BCUT2D eigenvalue weighted by atomic mass is 9.80. The van der Waals surface area contributed by atoms with Crippen LogP contribution in [0.25, 0.3) is 0 Å². The average molecular weight is 438 g/mol. The molecule has 0 radical (unpaired) electrons. The highest BCUT2D eigenvalue weighted by atomic mass is 35.5. The van der Waals surface area contributed by atoms with Gasteiger partial charge in [-0.2, -0.15) is 0 Å². The minimum Gasteiger partial charge on any atom is -0.336 e. The fourth-order valence-corrected chi connectivity index (χ4v) is 3.57. The molecular formula is C26H32ClN3O. The van der Waals surface area contributed by atoms with Gasteiger partial charge in [0, 0.05) is 18.7 Å². The molecule has 2 aromatic carbocycles. The van der Waals surface area contributed by atoms with E-state index in [0.29, 0.717) is 11.4 Å². The van der Waals surface area contributed by atoms with Crippen LogP contribution >= 0.6 is 11.6 Å². The van der Waals surface area contributed by atoms with E-state index >= 15 is 0 Å². The third-order valence-corrected chi connectivity index (χ3v) is 4.96. The molecule has 0 saturated heterocycles. The summed E-state index contributed by atoms with van der Waals surface area (Å²) in [7, 11) is 0. The number of urea groups is 1. The normalized spacial score (nSPS) is 12.4. The van der Waals surface area contributed by atoms with Crippen LogP contribution in [0.4, 0.5) is 4.79 Å². The van der Waals surface area contributed by atoms with Crippen LogP contribution in [0.3, 0.4) is 0 Å². The number of benzene rings is 2. The van der Waals surface area contributed by atoms with E-state index in [4.69, 9.17) is 11.6 Å². The zero-order chi connectivity index (χ0) is 22.9. The first-order chi connectivity index (χ1) is 14.9. The number of carbonyl (C=O) groups excluding carboxylic acids is 1. The van der Waals surface area contributed by atoms with Gasteiger partial charge in [-0.05, 0) is 44.0 Å². The maximum absolute atomic E-state index is 12.9. The molecule has 3 aromatic rings. The summed E-state index contributed by atoms with van der Waals surface area (Å²) in [5.74, 6) is 0. The Balaban J connectivity index is 0.00000166. The van der Waals surface area contributed by atoms with Gasteiger partial charge < -0.3 is 10.6 Å². The van der Waals surface area contributed by atoms with E-state index in [1.807, 2.05) is 83.1 Å². The molecule has 1 unspecified atom stereocenters. The van der Waals surface area contributed by atoms with Crippen molar-refractivity contribution in [1.29, 1.82) is 0 Å². The summed E-state index contributed by atoms with van der Waals surface area (Å²) in [6, 6.07) is 21.7. The molecule has 2 amide bonds. The summed E-state index contributed by atoms with van der Waals surface area (Å²) in [5.41, 5.74) is 3.05. The number of aryl methyl sites for hydroxylation is 1. The molecule has 2 N–H and O–H groups in total. The number of hydrogen-bond acceptors (Lipinski definition) is 2. The van der Waals surface area contributed by atoms with Gasteiger partial charge in [0.1, 0.15) is 5.54 Å². The van der Waals surface area contributed by atoms with E-state index < -0.39 is 5.54 Å². The van der Waals surface area contributed by atoms with E-state index in [2.05, 4.69) is 33.8 Å². The van der Waals surface area contributed by atoms with Crippen molar-refractivity contribution in [3.05, 3.63) is 100 Å². The van der Waals surface area contributed by atoms with Gasteiger partial charge in [-0.3, -0.25) is 4.98 Å². The number of rotatable bonds is 6. The van der Waals surface area contributed by atoms with Gasteiger partial charge in [0.25, 0.3) is 0 Å². The molecule has 1 heterocycles. The maximum atomic E-state index is 12.9. The summed E-state index contributed by atoms with van der Waals surface area (Å²) in [6.45, 7) is 9.91. The maximum Gasteiger partial charge on any atom is 0.316 e. The second-order valence-electron chi connectivity index (χ2n) is 7.55. The number of aromatic nitrogens is 1. The first kappa shape index (κ1) is 24.4. The fraction of sp³-hybridized carbons (Fsp3) is 0.308. The highest BCUT2D eigenvalue weighted by Gasteiger charge is 2.38. The summed E-state index contributed by atoms with van der Waals surface area (Å²) in [5, 5.41) is 6.73. The van der Waals surface area contributed by atoms with Crippen molar-refractivity contribution in [3.63, 3.8) is 0 Å². The summed E-state index contributed by atoms with van der Waals surface area (Å²) in [6.07, 6.45) is 2.17. The molecule has 4 nitrogen and oxygen atoms in total. The minimum absolute atomic E-state index is 0.0140. The lowest BCUT2D eigenvalue weighted by Gasteiger charge is -2.36. The number of nitrogens with zero attached hydrogens (tertiary/aromatic N) is 1. The molecule has 0 bridgehead atoms. The van der Waals surface area contributed by atoms with Crippen LogP contribution in [0, 0.1) is 6.92 Å². The average Bonchev–Trinajstić information content (AvgIpc) is 2.75. The van der Waals surface area contributed by atoms with Crippen LogP contribution < -0.4 is 10.6 Å². The third-order valence-electron chi connectivity index (χ3n) is 4.73. The Morgan fingerprint density at radius 1 is 1.03 bits per heavy atom. The van der Waals surface area contributed by atoms with Crippen molar-refractivity contribution in [3.8, 4) is 0 Å². The number of nitrogens with one attached hydrogen (secondary N) is 2. The van der Waals surface area contributed by atoms with Crippen molar-refractivity contribution < 1.29 is 4.79 Å². The van der Waals surface area contributed by atoms with Crippen molar-refractivity contribution >= 4 is 17.6 Å². The minimum atomic E-state index is -0.850. The van der Waals surface area contributed by atoms with E-state index in [0.717, 1.165) is 22.4 Å². The number of pyridine rings is 1. The van der Waals surface area contributed by atoms with Gasteiger partial charge in [-0.1, -0.05) is 85.6 Å². The van der Waals surface area contributed by atoms with Crippen molar-refractivity contribution in [2.24, 2.45) is 0 Å². The number of amides is 2. The molecule has 1 aromatic heterocycles. The second-order valence-corrected chi connectivity index (χ2v) is 7.99. The van der Waals surface area contributed by atoms with Crippen LogP contribution in [-0.4, -0.2) is 17.1 Å². The summed E-state index contributed by atoms with van der Waals surface area (Å²) >= 11 is 6.11. The predicted molar refractivity (Wildman–Crippen MR) is 130 cm³/mol. The van der Waals surface area contributed by atoms with Crippen LogP contribution in [0.15, 0.2) is 72.9 Å². The van der Waals surface area contributed by atoms with Crippen LogP contribution in [-0.2, 0) is 12.0 Å². The lowest BCUT2D eigenvalue weighted by molar-refractivity contribution is 0.227. The monoisotopic (exact) mass is 437 g/mol. The molecule has 0 saturated carbocycles. The molecular weight excluding hydrogens is 406 g/mol. The topological polar surface area (TPSA) is 54.0 Å². The number of halogens is 1. The molecule has 5 heteroatoms. The SMILES string of the molecule is CC.Cc1cccc(C(Cc2ccccc2)(NC(=O)NC(C)C)c2ccc(Cl)cn2)c1. The molecule has 1 atom stereocenters. The molecule has 3 rings (SSSR count). The van der Waals surface area contributed by atoms with Gasteiger partial charge in [0.2, 0.25) is 0 Å². The Hall–Kier alpha value is -2.85. The Labute approximate surface area is 191 Å². The van der Waals surface area contributed by atoms with Gasteiger partial charge >= 0.3 is 6.03 Å². The summed E-state index contributed by atoms with van der Waals surface area (Å²) in [4.78, 5) is 17.5. The molecule has 0 fully saturated rings. The lowest BCUT2D eigenvalue weighted by Crippen LogP contribution is -2.53. The molecule has 0 aliphatic carbocycles. The summed E-state index contributed by atoms with van der Waals surface area (Å²) < 4.78 is 0. The standard InChI is InChI=1S/C24H26ClN3O.C2H6/c1-17(2)27-23(29)28-24(15-19-9-5-4-6-10-19,20-11-7-8-18(3)14-20)22-13-12-21(25)16-26-22;1-2/h4-14,16-17H,15H2,1-3H3,(H2,27,28,29);1-2H3. The smallest absolute Gasteiger partial charge is 0.316 e.